The maximum absolute atomic E-state index is 6.03. The monoisotopic (exact) mass is 604 g/mol. The SMILES string of the molecule is CCCCCCCCC.CCCCCCCCCC.COc1c(Oc2ccc(C)cc2)cc(C)cc1Oc1ccc(C)cc1. The summed E-state index contributed by atoms with van der Waals surface area (Å²) in [6.45, 7) is 15.2. The highest BCUT2D eigenvalue weighted by Gasteiger charge is 2.15. The predicted molar refractivity (Wildman–Crippen MR) is 192 cm³/mol. The largest absolute Gasteiger partial charge is 0.490 e. The Morgan fingerprint density at radius 1 is 0.409 bits per heavy atom. The lowest BCUT2D eigenvalue weighted by molar-refractivity contribution is 0.352. The molecule has 0 saturated carbocycles. The average molecular weight is 605 g/mol. The first kappa shape index (κ1) is 39.1. The highest BCUT2D eigenvalue weighted by molar-refractivity contribution is 5.56. The molecular formula is C41H64O3. The molecule has 3 nitrogen and oxygen atoms in total. The number of rotatable bonds is 18. The van der Waals surface area contributed by atoms with Crippen LogP contribution in [0.25, 0.3) is 0 Å². The van der Waals surface area contributed by atoms with Gasteiger partial charge in [0.05, 0.1) is 7.11 Å². The minimum atomic E-state index is 0.576. The third-order valence-electron chi connectivity index (χ3n) is 7.53. The molecule has 3 aromatic rings. The highest BCUT2D eigenvalue weighted by atomic mass is 16.5. The zero-order chi connectivity index (χ0) is 32.4. The molecule has 3 aromatic carbocycles. The number of hydrogen-bond donors (Lipinski definition) is 0. The molecule has 0 aliphatic rings. The average Bonchev–Trinajstić information content (AvgIpc) is 3.02. The van der Waals surface area contributed by atoms with Crippen LogP contribution in [0.2, 0.25) is 0 Å². The fourth-order valence-electron chi connectivity index (χ4n) is 4.76. The van der Waals surface area contributed by atoms with E-state index in [4.69, 9.17) is 14.2 Å². The molecule has 3 rings (SSSR count). The summed E-state index contributed by atoms with van der Waals surface area (Å²) < 4.78 is 17.6. The van der Waals surface area contributed by atoms with Crippen LogP contribution in [-0.2, 0) is 0 Å². The van der Waals surface area contributed by atoms with Gasteiger partial charge in [0.15, 0.2) is 11.5 Å². The molecule has 0 heterocycles. The van der Waals surface area contributed by atoms with Crippen LogP contribution in [0.4, 0.5) is 0 Å². The first-order valence-corrected chi connectivity index (χ1v) is 17.6. The maximum atomic E-state index is 6.03. The molecule has 0 amide bonds. The van der Waals surface area contributed by atoms with E-state index in [1.807, 2.05) is 81.4 Å². The van der Waals surface area contributed by atoms with Crippen LogP contribution in [0, 0.1) is 20.8 Å². The second-order valence-corrected chi connectivity index (χ2v) is 12.0. The summed E-state index contributed by atoms with van der Waals surface area (Å²) in [7, 11) is 1.62. The zero-order valence-electron chi connectivity index (χ0n) is 29.6. The predicted octanol–water partition coefficient (Wildman–Crippen LogP) is 14.1. The van der Waals surface area contributed by atoms with Crippen molar-refractivity contribution in [3.63, 3.8) is 0 Å². The van der Waals surface area contributed by atoms with Gasteiger partial charge in [0.25, 0.3) is 0 Å². The van der Waals surface area contributed by atoms with Crippen LogP contribution < -0.4 is 14.2 Å². The summed E-state index contributed by atoms with van der Waals surface area (Å²) in [4.78, 5) is 0. The summed E-state index contributed by atoms with van der Waals surface area (Å²) in [5, 5.41) is 0. The Bertz CT molecular complexity index is 1000. The van der Waals surface area contributed by atoms with Crippen molar-refractivity contribution in [3.8, 4) is 28.7 Å². The molecule has 0 atom stereocenters. The number of aryl methyl sites for hydroxylation is 3. The van der Waals surface area contributed by atoms with Gasteiger partial charge in [-0.15, -0.1) is 0 Å². The normalized spacial score (nSPS) is 10.3. The molecule has 0 aliphatic heterocycles. The Morgan fingerprint density at radius 3 is 0.977 bits per heavy atom. The van der Waals surface area contributed by atoms with Gasteiger partial charge in [-0.25, -0.2) is 0 Å². The van der Waals surface area contributed by atoms with Crippen molar-refractivity contribution in [3.05, 3.63) is 77.4 Å². The van der Waals surface area contributed by atoms with E-state index in [0.29, 0.717) is 17.2 Å². The molecule has 0 unspecified atom stereocenters. The lowest BCUT2D eigenvalue weighted by Crippen LogP contribution is -1.95. The molecule has 3 heteroatoms. The van der Waals surface area contributed by atoms with Crippen molar-refractivity contribution in [2.45, 2.75) is 145 Å². The molecule has 246 valence electrons. The Labute approximate surface area is 271 Å². The third kappa shape index (κ3) is 18.0. The van der Waals surface area contributed by atoms with Crippen molar-refractivity contribution in [2.24, 2.45) is 0 Å². The molecule has 0 N–H and O–H groups in total. The van der Waals surface area contributed by atoms with Crippen LogP contribution in [0.3, 0.4) is 0 Å². The van der Waals surface area contributed by atoms with Gasteiger partial charge in [-0.05, 0) is 62.7 Å². The van der Waals surface area contributed by atoms with Gasteiger partial charge in [0.2, 0.25) is 5.75 Å². The van der Waals surface area contributed by atoms with Crippen LogP contribution in [-0.4, -0.2) is 7.11 Å². The number of unbranched alkanes of at least 4 members (excludes halogenated alkanes) is 13. The summed E-state index contributed by atoms with van der Waals surface area (Å²) in [5.74, 6) is 3.36. The second-order valence-electron chi connectivity index (χ2n) is 12.0. The number of ether oxygens (including phenoxy) is 3. The summed E-state index contributed by atoms with van der Waals surface area (Å²) >= 11 is 0. The zero-order valence-corrected chi connectivity index (χ0v) is 29.6. The number of methoxy groups -OCH3 is 1. The molecule has 0 radical (unpaired) electrons. The van der Waals surface area contributed by atoms with Gasteiger partial charge in [-0.1, -0.05) is 159 Å². The van der Waals surface area contributed by atoms with Crippen LogP contribution in [0.5, 0.6) is 28.7 Å². The van der Waals surface area contributed by atoms with Gasteiger partial charge >= 0.3 is 0 Å². The van der Waals surface area contributed by atoms with Crippen molar-refractivity contribution < 1.29 is 14.2 Å². The Kier molecular flexibility index (Phi) is 22.6. The van der Waals surface area contributed by atoms with Gasteiger partial charge in [-0.2, -0.15) is 0 Å². The number of benzene rings is 3. The van der Waals surface area contributed by atoms with Crippen molar-refractivity contribution >= 4 is 0 Å². The molecule has 0 aliphatic carbocycles. The lowest BCUT2D eigenvalue weighted by Gasteiger charge is -2.16. The molecular weight excluding hydrogens is 540 g/mol. The van der Waals surface area contributed by atoms with Crippen LogP contribution in [0.15, 0.2) is 60.7 Å². The quantitative estimate of drug-likeness (QED) is 0.135. The first-order chi connectivity index (χ1) is 21.4. The molecule has 0 spiro atoms. The smallest absolute Gasteiger partial charge is 0.204 e. The summed E-state index contributed by atoms with van der Waals surface area (Å²) in [5.41, 5.74) is 3.41. The van der Waals surface area contributed by atoms with E-state index in [9.17, 15) is 0 Å². The first-order valence-electron chi connectivity index (χ1n) is 17.6. The van der Waals surface area contributed by atoms with Crippen molar-refractivity contribution in [1.29, 1.82) is 0 Å². The topological polar surface area (TPSA) is 27.7 Å². The second kappa shape index (κ2) is 25.4. The van der Waals surface area contributed by atoms with Gasteiger partial charge in [-0.3, -0.25) is 0 Å². The van der Waals surface area contributed by atoms with E-state index in [1.54, 1.807) is 7.11 Å². The minimum absolute atomic E-state index is 0.576. The van der Waals surface area contributed by atoms with E-state index in [2.05, 4.69) is 27.7 Å². The van der Waals surface area contributed by atoms with E-state index >= 15 is 0 Å². The fraction of sp³-hybridized carbons (Fsp3) is 0.561. The Morgan fingerprint density at radius 2 is 0.705 bits per heavy atom. The van der Waals surface area contributed by atoms with E-state index in [-0.39, 0.29) is 0 Å². The van der Waals surface area contributed by atoms with Gasteiger partial charge in [0, 0.05) is 0 Å². The third-order valence-corrected chi connectivity index (χ3v) is 7.53. The number of hydrogen-bond acceptors (Lipinski definition) is 3. The molecule has 0 fully saturated rings. The van der Waals surface area contributed by atoms with Crippen molar-refractivity contribution in [1.82, 2.24) is 0 Å². The fourth-order valence-corrected chi connectivity index (χ4v) is 4.76. The van der Waals surface area contributed by atoms with E-state index in [1.165, 1.54) is 107 Å². The van der Waals surface area contributed by atoms with E-state index < -0.39 is 0 Å². The van der Waals surface area contributed by atoms with Gasteiger partial charge in [0.1, 0.15) is 11.5 Å². The Hall–Kier alpha value is -2.94. The molecule has 44 heavy (non-hydrogen) atoms. The lowest BCUT2D eigenvalue weighted by atomic mass is 10.1. The maximum Gasteiger partial charge on any atom is 0.204 e. The van der Waals surface area contributed by atoms with Crippen LogP contribution >= 0.6 is 0 Å². The molecule has 0 aromatic heterocycles. The van der Waals surface area contributed by atoms with E-state index in [0.717, 1.165) is 17.1 Å². The summed E-state index contributed by atoms with van der Waals surface area (Å²) in [6, 6.07) is 19.7. The van der Waals surface area contributed by atoms with Crippen molar-refractivity contribution in [2.75, 3.05) is 7.11 Å². The molecule has 0 bridgehead atoms. The minimum Gasteiger partial charge on any atom is -0.490 e. The summed E-state index contributed by atoms with van der Waals surface area (Å²) in [6.07, 6.45) is 21.4. The van der Waals surface area contributed by atoms with Crippen LogP contribution in [0.1, 0.15) is 141 Å². The highest BCUT2D eigenvalue weighted by Crippen LogP contribution is 2.42. The Balaban J connectivity index is 0.000000421. The standard InChI is InChI=1S/C22H22O3.C10H22.C9H20/c1-15-5-9-18(10-6-15)24-20-13-17(3)14-21(22(20)23-4)25-19-11-7-16(2)8-12-19;1-3-5-7-9-10-8-6-4-2;1-3-5-7-9-8-6-4-2/h5-14H,1-4H3;3-10H2,1-2H3;3-9H2,1-2H3. The van der Waals surface area contributed by atoms with Gasteiger partial charge < -0.3 is 14.2 Å². The molecule has 0 saturated heterocycles.